The van der Waals surface area contributed by atoms with E-state index in [9.17, 15) is 4.21 Å². The van der Waals surface area contributed by atoms with Gasteiger partial charge in [0.15, 0.2) is 0 Å². The van der Waals surface area contributed by atoms with E-state index in [1.165, 1.54) is 0 Å². The maximum absolute atomic E-state index is 12.1. The van der Waals surface area contributed by atoms with Gasteiger partial charge in [0.05, 0.1) is 0 Å². The Morgan fingerprint density at radius 1 is 1.07 bits per heavy atom. The zero-order valence-electron chi connectivity index (χ0n) is 8.48. The van der Waals surface area contributed by atoms with Gasteiger partial charge in [-0.1, -0.05) is 0 Å². The molecule has 0 aromatic heterocycles. The van der Waals surface area contributed by atoms with E-state index >= 15 is 0 Å². The lowest BCUT2D eigenvalue weighted by Gasteiger charge is -2.24. The average Bonchev–Trinajstić information content (AvgIpc) is 2.65. The predicted octanol–water partition coefficient (Wildman–Crippen LogP) is 0.794. The summed E-state index contributed by atoms with van der Waals surface area (Å²) in [5.74, 6) is 0. The molecule has 0 bridgehead atoms. The van der Waals surface area contributed by atoms with E-state index in [-0.39, 0.29) is 0 Å². The van der Waals surface area contributed by atoms with E-state index < -0.39 is 10.8 Å². The van der Waals surface area contributed by atoms with Gasteiger partial charge in [-0.25, -0.2) is 0 Å². The second kappa shape index (κ2) is 4.73. The van der Waals surface area contributed by atoms with Crippen LogP contribution in [0.4, 0.5) is 0 Å². The molecule has 3 unspecified atom stereocenters. The van der Waals surface area contributed by atoms with Crippen molar-refractivity contribution in [1.82, 2.24) is 0 Å². The van der Waals surface area contributed by atoms with E-state index in [1.54, 1.807) is 0 Å². The molecule has 0 amide bonds. The van der Waals surface area contributed by atoms with Crippen molar-refractivity contribution in [2.45, 2.75) is 48.6 Å². The zero-order valence-corrected chi connectivity index (χ0v) is 9.30. The summed E-state index contributed by atoms with van der Waals surface area (Å²) in [6.07, 6.45) is 5.02. The van der Waals surface area contributed by atoms with E-state index in [2.05, 4.69) is 0 Å². The molecule has 0 spiro atoms. The quantitative estimate of drug-likeness (QED) is 0.744. The first kappa shape index (κ1) is 10.6. The van der Waals surface area contributed by atoms with Crippen LogP contribution in [0.1, 0.15) is 32.1 Å². The van der Waals surface area contributed by atoms with Crippen LogP contribution in [0.3, 0.4) is 0 Å². The van der Waals surface area contributed by atoms with Gasteiger partial charge in [0.2, 0.25) is 0 Å². The molecule has 3 nitrogen and oxygen atoms in total. The van der Waals surface area contributed by atoms with E-state index in [1.807, 2.05) is 0 Å². The third kappa shape index (κ3) is 2.35. The van der Waals surface area contributed by atoms with Crippen molar-refractivity contribution in [3.63, 3.8) is 0 Å². The Kier molecular flexibility index (Phi) is 3.57. The molecular formula is C10H19NO2S. The van der Waals surface area contributed by atoms with Gasteiger partial charge >= 0.3 is 0 Å². The molecule has 1 aliphatic heterocycles. The SMILES string of the molecule is NC1CCC(S(=O)C2CCOCC2)C1. The second-order valence-electron chi connectivity index (χ2n) is 4.34. The molecule has 1 aliphatic carbocycles. The Balaban J connectivity index is 1.87. The van der Waals surface area contributed by atoms with Gasteiger partial charge in [0.25, 0.3) is 0 Å². The molecule has 2 aliphatic rings. The molecule has 0 aromatic rings. The summed E-state index contributed by atoms with van der Waals surface area (Å²) >= 11 is 0. The largest absolute Gasteiger partial charge is 0.381 e. The molecule has 2 rings (SSSR count). The average molecular weight is 217 g/mol. The molecule has 2 fully saturated rings. The van der Waals surface area contributed by atoms with Gasteiger partial charge in [0, 0.05) is 40.6 Å². The summed E-state index contributed by atoms with van der Waals surface area (Å²) in [6.45, 7) is 1.57. The zero-order chi connectivity index (χ0) is 9.97. The summed E-state index contributed by atoms with van der Waals surface area (Å²) in [7, 11) is -0.662. The number of hydrogen-bond acceptors (Lipinski definition) is 3. The topological polar surface area (TPSA) is 52.3 Å². The standard InChI is InChI=1S/C10H19NO2S/c11-8-1-2-10(7-8)14(12)9-3-5-13-6-4-9/h8-10H,1-7,11H2. The Morgan fingerprint density at radius 2 is 1.79 bits per heavy atom. The molecule has 1 saturated heterocycles. The Morgan fingerprint density at radius 3 is 2.36 bits per heavy atom. The van der Waals surface area contributed by atoms with Crippen molar-refractivity contribution in [2.24, 2.45) is 5.73 Å². The fourth-order valence-corrected chi connectivity index (χ4v) is 4.37. The van der Waals surface area contributed by atoms with Crippen molar-refractivity contribution in [3.8, 4) is 0 Å². The number of nitrogens with two attached hydrogens (primary N) is 1. The van der Waals surface area contributed by atoms with Crippen molar-refractivity contribution in [1.29, 1.82) is 0 Å². The number of rotatable bonds is 2. The van der Waals surface area contributed by atoms with Crippen LogP contribution in [-0.4, -0.2) is 34.0 Å². The highest BCUT2D eigenvalue weighted by Gasteiger charge is 2.31. The fourth-order valence-electron chi connectivity index (χ4n) is 2.36. The molecule has 14 heavy (non-hydrogen) atoms. The number of hydrogen-bond donors (Lipinski definition) is 1. The lowest BCUT2D eigenvalue weighted by molar-refractivity contribution is 0.0991. The first-order chi connectivity index (χ1) is 6.77. The van der Waals surface area contributed by atoms with Crippen LogP contribution in [0.25, 0.3) is 0 Å². The van der Waals surface area contributed by atoms with Crippen LogP contribution < -0.4 is 5.73 Å². The Labute approximate surface area is 87.8 Å². The van der Waals surface area contributed by atoms with Crippen molar-refractivity contribution < 1.29 is 8.95 Å². The molecule has 1 saturated carbocycles. The minimum atomic E-state index is -0.662. The molecule has 3 atom stereocenters. The van der Waals surface area contributed by atoms with E-state index in [4.69, 9.17) is 10.5 Å². The van der Waals surface area contributed by atoms with Crippen LogP contribution in [0, 0.1) is 0 Å². The molecule has 1 heterocycles. The van der Waals surface area contributed by atoms with E-state index in [0.717, 1.165) is 45.3 Å². The molecular weight excluding hydrogens is 198 g/mol. The normalized spacial score (nSPS) is 37.2. The maximum atomic E-state index is 12.1. The predicted molar refractivity (Wildman–Crippen MR) is 57.6 cm³/mol. The van der Waals surface area contributed by atoms with E-state index in [0.29, 0.717) is 16.5 Å². The van der Waals surface area contributed by atoms with Crippen LogP contribution in [-0.2, 0) is 15.5 Å². The summed E-state index contributed by atoms with van der Waals surface area (Å²) < 4.78 is 17.4. The fraction of sp³-hybridized carbons (Fsp3) is 1.00. The van der Waals surface area contributed by atoms with Crippen molar-refractivity contribution in [3.05, 3.63) is 0 Å². The highest BCUT2D eigenvalue weighted by Crippen LogP contribution is 2.27. The van der Waals surface area contributed by atoms with Gasteiger partial charge in [0.1, 0.15) is 0 Å². The van der Waals surface area contributed by atoms with Crippen LogP contribution >= 0.6 is 0 Å². The van der Waals surface area contributed by atoms with Crippen molar-refractivity contribution >= 4 is 10.8 Å². The minimum absolute atomic E-state index is 0.295. The van der Waals surface area contributed by atoms with Crippen LogP contribution in [0.2, 0.25) is 0 Å². The van der Waals surface area contributed by atoms with Gasteiger partial charge in [-0.05, 0) is 32.1 Å². The summed E-state index contributed by atoms with van der Waals surface area (Å²) in [4.78, 5) is 0. The smallest absolute Gasteiger partial charge is 0.0477 e. The minimum Gasteiger partial charge on any atom is -0.381 e. The first-order valence-electron chi connectivity index (χ1n) is 5.50. The monoisotopic (exact) mass is 217 g/mol. The summed E-state index contributed by atoms with van der Waals surface area (Å²) in [6, 6.07) is 0.295. The molecule has 82 valence electrons. The first-order valence-corrected chi connectivity index (χ1v) is 6.77. The summed E-state index contributed by atoms with van der Waals surface area (Å²) in [5, 5.41) is 0.743. The lowest BCUT2D eigenvalue weighted by Crippen LogP contribution is -2.31. The second-order valence-corrected chi connectivity index (χ2v) is 6.33. The highest BCUT2D eigenvalue weighted by atomic mass is 32.2. The van der Waals surface area contributed by atoms with Gasteiger partial charge in [-0.2, -0.15) is 0 Å². The summed E-state index contributed by atoms with van der Waals surface area (Å²) in [5.41, 5.74) is 5.83. The molecule has 4 heteroatoms. The van der Waals surface area contributed by atoms with Gasteiger partial charge in [-0.15, -0.1) is 0 Å². The maximum Gasteiger partial charge on any atom is 0.0477 e. The lowest BCUT2D eigenvalue weighted by atomic mass is 10.2. The molecule has 0 radical (unpaired) electrons. The van der Waals surface area contributed by atoms with Gasteiger partial charge in [-0.3, -0.25) is 4.21 Å². The molecule has 0 aromatic carbocycles. The third-order valence-corrected chi connectivity index (χ3v) is 5.46. The van der Waals surface area contributed by atoms with Crippen molar-refractivity contribution in [2.75, 3.05) is 13.2 Å². The molecule has 2 N–H and O–H groups in total. The Bertz CT molecular complexity index is 209. The van der Waals surface area contributed by atoms with Gasteiger partial charge < -0.3 is 10.5 Å². The van der Waals surface area contributed by atoms with Crippen LogP contribution in [0.15, 0.2) is 0 Å². The third-order valence-electron chi connectivity index (χ3n) is 3.25. The highest BCUT2D eigenvalue weighted by molar-refractivity contribution is 7.86. The van der Waals surface area contributed by atoms with Crippen LogP contribution in [0.5, 0.6) is 0 Å². The Hall–Kier alpha value is 0.0700. The number of ether oxygens (including phenoxy) is 1.